The standard InChI is InChI=1S/C27H28N4O2/c1-19-9-11-20(12-10-19)24-16-28-18-29-26(24)22-6-3-13-30(17-22)27(33)21-5-2-7-23(15-21)31-14-4-8-25(31)32/h2,5,7,9-12,15-16,18,22H,3-4,6,8,13-14,17H2,1H3. The molecule has 33 heavy (non-hydrogen) atoms. The Labute approximate surface area is 194 Å². The van der Waals surface area contributed by atoms with Crippen molar-refractivity contribution in [1.82, 2.24) is 14.9 Å². The number of carbonyl (C=O) groups is 2. The maximum Gasteiger partial charge on any atom is 0.253 e. The lowest BCUT2D eigenvalue weighted by molar-refractivity contribution is -0.117. The first-order valence-electron chi connectivity index (χ1n) is 11.7. The fourth-order valence-electron chi connectivity index (χ4n) is 4.92. The molecule has 0 radical (unpaired) electrons. The molecule has 1 atom stereocenters. The molecule has 6 heteroatoms. The van der Waals surface area contributed by atoms with Crippen LogP contribution in [-0.2, 0) is 4.79 Å². The summed E-state index contributed by atoms with van der Waals surface area (Å²) in [6.07, 6.45) is 6.84. The molecule has 0 bridgehead atoms. The highest BCUT2D eigenvalue weighted by molar-refractivity contribution is 5.99. The summed E-state index contributed by atoms with van der Waals surface area (Å²) >= 11 is 0. The van der Waals surface area contributed by atoms with Gasteiger partial charge in [0.2, 0.25) is 5.91 Å². The minimum absolute atomic E-state index is 0.0131. The largest absolute Gasteiger partial charge is 0.338 e. The monoisotopic (exact) mass is 440 g/mol. The van der Waals surface area contributed by atoms with Gasteiger partial charge in [0.05, 0.1) is 5.69 Å². The Bertz CT molecular complexity index is 1170. The van der Waals surface area contributed by atoms with Gasteiger partial charge in [-0.05, 0) is 49.9 Å². The van der Waals surface area contributed by atoms with Crippen molar-refractivity contribution in [2.45, 2.75) is 38.5 Å². The van der Waals surface area contributed by atoms with E-state index in [1.54, 1.807) is 11.2 Å². The highest BCUT2D eigenvalue weighted by Crippen LogP contribution is 2.33. The van der Waals surface area contributed by atoms with Gasteiger partial charge >= 0.3 is 0 Å². The van der Waals surface area contributed by atoms with Crippen LogP contribution < -0.4 is 4.90 Å². The molecule has 2 fully saturated rings. The van der Waals surface area contributed by atoms with Gasteiger partial charge in [0.1, 0.15) is 6.33 Å². The van der Waals surface area contributed by atoms with Crippen LogP contribution >= 0.6 is 0 Å². The van der Waals surface area contributed by atoms with Crippen molar-refractivity contribution < 1.29 is 9.59 Å². The Morgan fingerprint density at radius 1 is 1.06 bits per heavy atom. The maximum atomic E-state index is 13.4. The zero-order valence-corrected chi connectivity index (χ0v) is 18.9. The molecular weight excluding hydrogens is 412 g/mol. The van der Waals surface area contributed by atoms with Crippen LogP contribution in [0.3, 0.4) is 0 Å². The molecule has 2 aliphatic rings. The van der Waals surface area contributed by atoms with Gasteiger partial charge in [0.15, 0.2) is 0 Å². The SMILES string of the molecule is Cc1ccc(-c2cncnc2C2CCCN(C(=O)c3cccc(N4CCCC4=O)c3)C2)cc1. The number of carbonyl (C=O) groups excluding carboxylic acids is 2. The van der Waals surface area contributed by atoms with Crippen molar-refractivity contribution in [3.05, 3.63) is 77.9 Å². The normalized spacial score (nSPS) is 18.6. The zero-order chi connectivity index (χ0) is 22.8. The molecule has 2 saturated heterocycles. The molecule has 6 nitrogen and oxygen atoms in total. The van der Waals surface area contributed by atoms with Gasteiger partial charge in [-0.2, -0.15) is 0 Å². The fraction of sp³-hybridized carbons (Fsp3) is 0.333. The van der Waals surface area contributed by atoms with Gasteiger partial charge in [-0.25, -0.2) is 9.97 Å². The third kappa shape index (κ3) is 4.38. The van der Waals surface area contributed by atoms with Gasteiger partial charge in [-0.15, -0.1) is 0 Å². The molecule has 1 unspecified atom stereocenters. The third-order valence-electron chi connectivity index (χ3n) is 6.68. The van der Waals surface area contributed by atoms with Crippen LogP contribution in [0, 0.1) is 6.92 Å². The number of aromatic nitrogens is 2. The summed E-state index contributed by atoms with van der Waals surface area (Å²) in [5, 5.41) is 0. The van der Waals surface area contributed by atoms with Crippen LogP contribution in [0.1, 0.15) is 53.2 Å². The molecule has 3 aromatic rings. The van der Waals surface area contributed by atoms with E-state index in [1.807, 2.05) is 35.4 Å². The number of aryl methyl sites for hydroxylation is 1. The lowest BCUT2D eigenvalue weighted by atomic mass is 9.89. The number of rotatable bonds is 4. The minimum Gasteiger partial charge on any atom is -0.338 e. The van der Waals surface area contributed by atoms with Gasteiger partial charge in [-0.3, -0.25) is 9.59 Å². The Morgan fingerprint density at radius 2 is 1.91 bits per heavy atom. The molecule has 168 valence electrons. The third-order valence-corrected chi connectivity index (χ3v) is 6.68. The summed E-state index contributed by atoms with van der Waals surface area (Å²) in [4.78, 5) is 38.2. The highest BCUT2D eigenvalue weighted by Gasteiger charge is 2.29. The minimum atomic E-state index is 0.0131. The van der Waals surface area contributed by atoms with E-state index in [1.165, 1.54) is 5.56 Å². The van der Waals surface area contributed by atoms with Crippen molar-refractivity contribution in [3.63, 3.8) is 0 Å². The number of hydrogen-bond donors (Lipinski definition) is 0. The Morgan fingerprint density at radius 3 is 2.70 bits per heavy atom. The molecule has 5 rings (SSSR count). The van der Waals surface area contributed by atoms with E-state index < -0.39 is 0 Å². The van der Waals surface area contributed by atoms with Crippen LogP contribution in [0.5, 0.6) is 0 Å². The van der Waals surface area contributed by atoms with E-state index in [9.17, 15) is 9.59 Å². The lowest BCUT2D eigenvalue weighted by Crippen LogP contribution is -2.39. The van der Waals surface area contributed by atoms with Gasteiger partial charge < -0.3 is 9.80 Å². The number of hydrogen-bond acceptors (Lipinski definition) is 4. The summed E-state index contributed by atoms with van der Waals surface area (Å²) in [6.45, 7) is 4.15. The van der Waals surface area contributed by atoms with Crippen molar-refractivity contribution in [2.75, 3.05) is 24.5 Å². The van der Waals surface area contributed by atoms with Crippen LogP contribution in [0.25, 0.3) is 11.1 Å². The topological polar surface area (TPSA) is 66.4 Å². The van der Waals surface area contributed by atoms with E-state index in [0.29, 0.717) is 18.5 Å². The van der Waals surface area contributed by atoms with Crippen LogP contribution in [0.15, 0.2) is 61.1 Å². The van der Waals surface area contributed by atoms with E-state index in [4.69, 9.17) is 0 Å². The quantitative estimate of drug-likeness (QED) is 0.595. The molecule has 2 aliphatic heterocycles. The molecule has 0 aliphatic carbocycles. The van der Waals surface area contributed by atoms with Crippen molar-refractivity contribution in [3.8, 4) is 11.1 Å². The first-order valence-corrected chi connectivity index (χ1v) is 11.7. The van der Waals surface area contributed by atoms with Crippen LogP contribution in [0.2, 0.25) is 0 Å². The second-order valence-electron chi connectivity index (χ2n) is 8.98. The lowest BCUT2D eigenvalue weighted by Gasteiger charge is -2.33. The molecule has 3 heterocycles. The van der Waals surface area contributed by atoms with Crippen LogP contribution in [0.4, 0.5) is 5.69 Å². The van der Waals surface area contributed by atoms with Crippen molar-refractivity contribution >= 4 is 17.5 Å². The number of likely N-dealkylation sites (tertiary alicyclic amines) is 1. The van der Waals surface area contributed by atoms with E-state index >= 15 is 0 Å². The predicted molar refractivity (Wildman–Crippen MR) is 128 cm³/mol. The summed E-state index contributed by atoms with van der Waals surface area (Å²) in [6, 6.07) is 15.9. The number of nitrogens with zero attached hydrogens (tertiary/aromatic N) is 4. The Balaban J connectivity index is 1.37. The summed E-state index contributed by atoms with van der Waals surface area (Å²) in [5.74, 6) is 0.300. The molecule has 2 amide bonds. The molecule has 0 N–H and O–H groups in total. The first-order chi connectivity index (χ1) is 16.1. The van der Waals surface area contributed by atoms with E-state index in [2.05, 4.69) is 41.2 Å². The summed E-state index contributed by atoms with van der Waals surface area (Å²) < 4.78 is 0. The van der Waals surface area contributed by atoms with Crippen LogP contribution in [-0.4, -0.2) is 46.3 Å². The molecule has 0 saturated carbocycles. The summed E-state index contributed by atoms with van der Waals surface area (Å²) in [5.41, 5.74) is 5.80. The molecular formula is C27H28N4O2. The molecule has 2 aromatic carbocycles. The predicted octanol–water partition coefficient (Wildman–Crippen LogP) is 4.60. The van der Waals surface area contributed by atoms with E-state index in [-0.39, 0.29) is 17.7 Å². The summed E-state index contributed by atoms with van der Waals surface area (Å²) in [7, 11) is 0. The van der Waals surface area contributed by atoms with Crippen molar-refractivity contribution in [2.24, 2.45) is 0 Å². The zero-order valence-electron chi connectivity index (χ0n) is 18.9. The number of piperidine rings is 1. The average Bonchev–Trinajstić information content (AvgIpc) is 3.30. The van der Waals surface area contributed by atoms with Crippen molar-refractivity contribution in [1.29, 1.82) is 0 Å². The smallest absolute Gasteiger partial charge is 0.253 e. The van der Waals surface area contributed by atoms with Gasteiger partial charge in [-0.1, -0.05) is 35.9 Å². The highest BCUT2D eigenvalue weighted by atomic mass is 16.2. The second kappa shape index (κ2) is 9.14. The Kier molecular flexibility index (Phi) is 5.90. The molecule has 0 spiro atoms. The Hall–Kier alpha value is -3.54. The number of benzene rings is 2. The van der Waals surface area contributed by atoms with E-state index in [0.717, 1.165) is 54.9 Å². The fourth-order valence-corrected chi connectivity index (χ4v) is 4.92. The average molecular weight is 441 g/mol. The molecule has 1 aromatic heterocycles. The first kappa shape index (κ1) is 21.3. The number of anilines is 1. The van der Waals surface area contributed by atoms with Gasteiger partial charge in [0, 0.05) is 55.0 Å². The maximum absolute atomic E-state index is 13.4. The second-order valence-corrected chi connectivity index (χ2v) is 8.98. The van der Waals surface area contributed by atoms with Gasteiger partial charge in [0.25, 0.3) is 5.91 Å². The number of amides is 2.